The van der Waals surface area contributed by atoms with Crippen molar-refractivity contribution >= 4 is 22.6 Å². The molecule has 1 aromatic carbocycles. The van der Waals surface area contributed by atoms with Crippen LogP contribution in [0.25, 0.3) is 0 Å². The molecule has 0 bridgehead atoms. The van der Waals surface area contributed by atoms with Gasteiger partial charge in [0, 0.05) is 9.61 Å². The van der Waals surface area contributed by atoms with E-state index in [0.29, 0.717) is 9.49 Å². The lowest BCUT2D eigenvalue weighted by atomic mass is 10.0. The molecule has 1 atom stereocenters. The maximum atomic E-state index is 12.9. The van der Waals surface area contributed by atoms with Crippen molar-refractivity contribution in [2.45, 2.75) is 18.9 Å². The van der Waals surface area contributed by atoms with E-state index in [4.69, 9.17) is 5.73 Å². The number of nitrogens with two attached hydrogens (primary N) is 1. The largest absolute Gasteiger partial charge is 0.324 e. The molecular formula is C10H11FIN. The van der Waals surface area contributed by atoms with E-state index >= 15 is 0 Å². The van der Waals surface area contributed by atoms with Crippen molar-refractivity contribution in [1.82, 2.24) is 0 Å². The van der Waals surface area contributed by atoms with E-state index in [9.17, 15) is 4.39 Å². The quantitative estimate of drug-likeness (QED) is 0.833. The molecule has 1 aliphatic carbocycles. The van der Waals surface area contributed by atoms with E-state index in [1.54, 1.807) is 6.07 Å². The average Bonchev–Trinajstić information content (AvgIpc) is 2.91. The van der Waals surface area contributed by atoms with E-state index < -0.39 is 0 Å². The fourth-order valence-corrected chi connectivity index (χ4v) is 1.99. The molecule has 3 heteroatoms. The molecule has 2 rings (SSSR count). The van der Waals surface area contributed by atoms with Crippen LogP contribution in [0.15, 0.2) is 18.2 Å². The zero-order chi connectivity index (χ0) is 9.42. The van der Waals surface area contributed by atoms with Gasteiger partial charge in [-0.1, -0.05) is 6.07 Å². The summed E-state index contributed by atoms with van der Waals surface area (Å²) in [4.78, 5) is 0. The van der Waals surface area contributed by atoms with E-state index in [0.717, 1.165) is 5.56 Å². The van der Waals surface area contributed by atoms with Crippen molar-refractivity contribution in [2.75, 3.05) is 0 Å². The molecule has 0 spiro atoms. The molecule has 0 saturated heterocycles. The molecule has 0 heterocycles. The molecule has 0 radical (unpaired) electrons. The van der Waals surface area contributed by atoms with Crippen LogP contribution in [0.1, 0.15) is 24.4 Å². The minimum atomic E-state index is -0.160. The van der Waals surface area contributed by atoms with Gasteiger partial charge in [0.15, 0.2) is 0 Å². The summed E-state index contributed by atoms with van der Waals surface area (Å²) in [7, 11) is 0. The SMILES string of the molecule is N[C@@H](c1ccc(F)c(I)c1)C1CC1. The van der Waals surface area contributed by atoms with Crippen molar-refractivity contribution in [3.63, 3.8) is 0 Å². The normalized spacial score (nSPS) is 18.7. The van der Waals surface area contributed by atoms with Crippen LogP contribution in [0, 0.1) is 15.3 Å². The first-order chi connectivity index (χ1) is 6.18. The van der Waals surface area contributed by atoms with Crippen LogP contribution in [0.5, 0.6) is 0 Å². The summed E-state index contributed by atoms with van der Waals surface area (Å²) in [5.41, 5.74) is 7.06. The van der Waals surface area contributed by atoms with Gasteiger partial charge in [0.05, 0.1) is 0 Å². The molecule has 2 N–H and O–H groups in total. The molecular weight excluding hydrogens is 280 g/mol. The minimum absolute atomic E-state index is 0.106. The first-order valence-corrected chi connectivity index (χ1v) is 5.47. The Balaban J connectivity index is 2.24. The third-order valence-electron chi connectivity index (χ3n) is 2.46. The van der Waals surface area contributed by atoms with Crippen molar-refractivity contribution in [3.8, 4) is 0 Å². The standard InChI is InChI=1S/C10H11FIN/c11-8-4-3-7(5-9(8)12)10(13)6-1-2-6/h3-6,10H,1-2,13H2/t10-/m1/s1. The van der Waals surface area contributed by atoms with Crippen LogP contribution in [-0.2, 0) is 0 Å². The number of hydrogen-bond acceptors (Lipinski definition) is 1. The van der Waals surface area contributed by atoms with E-state index in [1.165, 1.54) is 18.9 Å². The third kappa shape index (κ3) is 2.02. The Hall–Kier alpha value is -0.160. The number of halogens is 2. The molecule has 70 valence electrons. The zero-order valence-electron chi connectivity index (χ0n) is 7.13. The highest BCUT2D eigenvalue weighted by Crippen LogP contribution is 2.39. The van der Waals surface area contributed by atoms with Gasteiger partial charge >= 0.3 is 0 Å². The first-order valence-electron chi connectivity index (χ1n) is 4.39. The van der Waals surface area contributed by atoms with Crippen LogP contribution < -0.4 is 5.73 Å². The predicted molar refractivity (Wildman–Crippen MR) is 58.8 cm³/mol. The Labute approximate surface area is 90.7 Å². The van der Waals surface area contributed by atoms with Crippen molar-refractivity contribution < 1.29 is 4.39 Å². The van der Waals surface area contributed by atoms with Gasteiger partial charge in [0.2, 0.25) is 0 Å². The van der Waals surface area contributed by atoms with Gasteiger partial charge in [-0.15, -0.1) is 0 Å². The zero-order valence-corrected chi connectivity index (χ0v) is 9.29. The van der Waals surface area contributed by atoms with Crippen LogP contribution in [0.4, 0.5) is 4.39 Å². The molecule has 1 aliphatic rings. The van der Waals surface area contributed by atoms with Crippen LogP contribution in [-0.4, -0.2) is 0 Å². The molecule has 0 amide bonds. The molecule has 1 nitrogen and oxygen atoms in total. The van der Waals surface area contributed by atoms with Gasteiger partial charge in [-0.2, -0.15) is 0 Å². The van der Waals surface area contributed by atoms with E-state index in [2.05, 4.69) is 0 Å². The Kier molecular flexibility index (Phi) is 2.55. The number of hydrogen-bond donors (Lipinski definition) is 1. The second-order valence-corrected chi connectivity index (χ2v) is 4.70. The second-order valence-electron chi connectivity index (χ2n) is 3.54. The van der Waals surface area contributed by atoms with Gasteiger partial charge in [0.1, 0.15) is 5.82 Å². The number of benzene rings is 1. The molecule has 0 aromatic heterocycles. The highest BCUT2D eigenvalue weighted by Gasteiger charge is 2.29. The van der Waals surface area contributed by atoms with Crippen molar-refractivity contribution in [2.24, 2.45) is 11.7 Å². The third-order valence-corrected chi connectivity index (χ3v) is 3.29. The topological polar surface area (TPSA) is 26.0 Å². The molecule has 1 fully saturated rings. The minimum Gasteiger partial charge on any atom is -0.324 e. The lowest BCUT2D eigenvalue weighted by molar-refractivity contribution is 0.607. The maximum Gasteiger partial charge on any atom is 0.136 e. The van der Waals surface area contributed by atoms with Gasteiger partial charge in [-0.25, -0.2) is 4.39 Å². The van der Waals surface area contributed by atoms with Gasteiger partial charge in [-0.05, 0) is 59.0 Å². The van der Waals surface area contributed by atoms with Crippen LogP contribution in [0.3, 0.4) is 0 Å². The molecule has 13 heavy (non-hydrogen) atoms. The Morgan fingerprint density at radius 1 is 1.46 bits per heavy atom. The molecule has 1 aromatic rings. The molecule has 1 saturated carbocycles. The molecule has 0 aliphatic heterocycles. The average molecular weight is 291 g/mol. The summed E-state index contributed by atoms with van der Waals surface area (Å²) in [6.07, 6.45) is 2.43. The van der Waals surface area contributed by atoms with Crippen LogP contribution in [0.2, 0.25) is 0 Å². The fourth-order valence-electron chi connectivity index (χ4n) is 1.45. The smallest absolute Gasteiger partial charge is 0.136 e. The van der Waals surface area contributed by atoms with Crippen molar-refractivity contribution in [3.05, 3.63) is 33.1 Å². The van der Waals surface area contributed by atoms with E-state index in [1.807, 2.05) is 28.7 Å². The number of rotatable bonds is 2. The van der Waals surface area contributed by atoms with Gasteiger partial charge in [-0.3, -0.25) is 0 Å². The highest BCUT2D eigenvalue weighted by atomic mass is 127. The summed E-state index contributed by atoms with van der Waals surface area (Å²) in [6.45, 7) is 0. The maximum absolute atomic E-state index is 12.9. The summed E-state index contributed by atoms with van der Waals surface area (Å²) in [5, 5.41) is 0. The summed E-state index contributed by atoms with van der Waals surface area (Å²) >= 11 is 2.00. The summed E-state index contributed by atoms with van der Waals surface area (Å²) in [5.74, 6) is 0.466. The fraction of sp³-hybridized carbons (Fsp3) is 0.400. The van der Waals surface area contributed by atoms with Crippen molar-refractivity contribution in [1.29, 1.82) is 0 Å². The monoisotopic (exact) mass is 291 g/mol. The summed E-state index contributed by atoms with van der Waals surface area (Å²) in [6, 6.07) is 5.24. The van der Waals surface area contributed by atoms with E-state index in [-0.39, 0.29) is 11.9 Å². The van der Waals surface area contributed by atoms with Gasteiger partial charge in [0.25, 0.3) is 0 Å². The van der Waals surface area contributed by atoms with Crippen LogP contribution >= 0.6 is 22.6 Å². The van der Waals surface area contributed by atoms with Gasteiger partial charge < -0.3 is 5.73 Å². The molecule has 0 unspecified atom stereocenters. The second kappa shape index (κ2) is 3.53. The first kappa shape index (κ1) is 9.40. The Morgan fingerprint density at radius 2 is 2.15 bits per heavy atom. The lowest BCUT2D eigenvalue weighted by Gasteiger charge is -2.10. The Bertz CT molecular complexity index is 323. The summed E-state index contributed by atoms with van der Waals surface area (Å²) < 4.78 is 13.6. The highest BCUT2D eigenvalue weighted by molar-refractivity contribution is 14.1. The lowest BCUT2D eigenvalue weighted by Crippen LogP contribution is -2.12. The Morgan fingerprint density at radius 3 is 2.69 bits per heavy atom. The predicted octanol–water partition coefficient (Wildman–Crippen LogP) is 2.84.